The maximum absolute atomic E-state index is 10.7. The van der Waals surface area contributed by atoms with Gasteiger partial charge in [-0.05, 0) is 13.3 Å². The zero-order chi connectivity index (χ0) is 10.6. The molecule has 1 aliphatic rings. The summed E-state index contributed by atoms with van der Waals surface area (Å²) < 4.78 is 0. The van der Waals surface area contributed by atoms with Crippen LogP contribution < -0.4 is 16.8 Å². The predicted molar refractivity (Wildman–Crippen MR) is 55.7 cm³/mol. The highest BCUT2D eigenvalue weighted by Crippen LogP contribution is 2.03. The van der Waals surface area contributed by atoms with Crippen molar-refractivity contribution in [2.45, 2.75) is 25.4 Å². The van der Waals surface area contributed by atoms with Crippen LogP contribution in [0.3, 0.4) is 0 Å². The minimum Gasteiger partial charge on any atom is -0.368 e. The second-order valence-corrected chi connectivity index (χ2v) is 3.89. The number of primary amides is 1. The van der Waals surface area contributed by atoms with Gasteiger partial charge in [-0.2, -0.15) is 0 Å². The molecule has 0 saturated carbocycles. The lowest BCUT2D eigenvalue weighted by Gasteiger charge is -2.34. The van der Waals surface area contributed by atoms with Gasteiger partial charge in [-0.25, -0.2) is 0 Å². The summed E-state index contributed by atoms with van der Waals surface area (Å²) in [5.74, 6) is -0.409. The first kappa shape index (κ1) is 11.4. The third-order valence-electron chi connectivity index (χ3n) is 2.73. The van der Waals surface area contributed by atoms with Gasteiger partial charge in [0.05, 0.1) is 6.04 Å². The van der Waals surface area contributed by atoms with Gasteiger partial charge in [0.1, 0.15) is 0 Å². The van der Waals surface area contributed by atoms with Crippen molar-refractivity contribution in [2.75, 3.05) is 26.2 Å². The maximum Gasteiger partial charge on any atom is 0.234 e. The summed E-state index contributed by atoms with van der Waals surface area (Å²) in [5.41, 5.74) is 10.7. The third-order valence-corrected chi connectivity index (χ3v) is 2.73. The van der Waals surface area contributed by atoms with Crippen molar-refractivity contribution < 1.29 is 4.79 Å². The molecule has 0 aromatic heterocycles. The summed E-state index contributed by atoms with van der Waals surface area (Å²) in [4.78, 5) is 13.1. The van der Waals surface area contributed by atoms with E-state index in [9.17, 15) is 4.79 Å². The second-order valence-electron chi connectivity index (χ2n) is 3.89. The lowest BCUT2D eigenvalue weighted by Crippen LogP contribution is -2.51. The Bertz CT molecular complexity index is 197. The largest absolute Gasteiger partial charge is 0.368 e. The van der Waals surface area contributed by atoms with Gasteiger partial charge in [-0.1, -0.05) is 0 Å². The number of nitrogens with zero attached hydrogens (tertiary/aromatic N) is 1. The van der Waals surface area contributed by atoms with Crippen molar-refractivity contribution in [3.63, 3.8) is 0 Å². The van der Waals surface area contributed by atoms with Gasteiger partial charge in [-0.15, -0.1) is 0 Å². The number of carbonyl (C=O) groups is 1. The van der Waals surface area contributed by atoms with Crippen molar-refractivity contribution in [2.24, 2.45) is 11.5 Å². The van der Waals surface area contributed by atoms with E-state index in [1.54, 1.807) is 0 Å². The lowest BCUT2D eigenvalue weighted by molar-refractivity contribution is -0.119. The highest BCUT2D eigenvalue weighted by Gasteiger charge is 2.19. The van der Waals surface area contributed by atoms with E-state index >= 15 is 0 Å². The number of rotatable bonds is 4. The molecule has 1 saturated heterocycles. The van der Waals surface area contributed by atoms with E-state index < -0.39 is 11.9 Å². The van der Waals surface area contributed by atoms with Crippen LogP contribution >= 0.6 is 0 Å². The van der Waals surface area contributed by atoms with E-state index in [1.165, 1.54) is 0 Å². The van der Waals surface area contributed by atoms with E-state index in [4.69, 9.17) is 11.5 Å². The van der Waals surface area contributed by atoms with E-state index in [1.807, 2.05) is 0 Å². The minimum absolute atomic E-state index is 0.409. The SMILES string of the molecule is CC1CNCCN1CCC(N)C(N)=O. The summed E-state index contributed by atoms with van der Waals surface area (Å²) in [6.45, 7) is 6.06. The fourth-order valence-corrected chi connectivity index (χ4v) is 1.66. The number of hydrogen-bond acceptors (Lipinski definition) is 4. The van der Waals surface area contributed by atoms with Gasteiger partial charge in [-0.3, -0.25) is 9.69 Å². The number of amides is 1. The smallest absolute Gasteiger partial charge is 0.234 e. The first-order chi connectivity index (χ1) is 6.61. The Morgan fingerprint density at radius 2 is 2.43 bits per heavy atom. The molecule has 5 N–H and O–H groups in total. The zero-order valence-electron chi connectivity index (χ0n) is 8.70. The normalized spacial score (nSPS) is 26.0. The summed E-state index contributed by atoms with van der Waals surface area (Å²) in [5, 5.41) is 3.31. The van der Waals surface area contributed by atoms with Crippen molar-refractivity contribution in [1.29, 1.82) is 0 Å². The van der Waals surface area contributed by atoms with Crippen molar-refractivity contribution in [3.8, 4) is 0 Å². The van der Waals surface area contributed by atoms with E-state index in [2.05, 4.69) is 17.1 Å². The first-order valence-electron chi connectivity index (χ1n) is 5.11. The fourth-order valence-electron chi connectivity index (χ4n) is 1.66. The van der Waals surface area contributed by atoms with Gasteiger partial charge < -0.3 is 16.8 Å². The molecule has 0 aliphatic carbocycles. The highest BCUT2D eigenvalue weighted by atomic mass is 16.1. The molecule has 2 unspecified atom stereocenters. The number of hydrogen-bond donors (Lipinski definition) is 3. The summed E-state index contributed by atoms with van der Waals surface area (Å²) >= 11 is 0. The van der Waals surface area contributed by atoms with Crippen molar-refractivity contribution >= 4 is 5.91 Å². The van der Waals surface area contributed by atoms with Crippen molar-refractivity contribution in [1.82, 2.24) is 10.2 Å². The van der Waals surface area contributed by atoms with Gasteiger partial charge in [0, 0.05) is 32.2 Å². The molecule has 1 fully saturated rings. The van der Waals surface area contributed by atoms with E-state index in [0.717, 1.165) is 26.2 Å². The Morgan fingerprint density at radius 1 is 1.71 bits per heavy atom. The van der Waals surface area contributed by atoms with Crippen LogP contribution in [0.5, 0.6) is 0 Å². The molecule has 0 aromatic carbocycles. The summed E-state index contributed by atoms with van der Waals surface area (Å²) in [7, 11) is 0. The quantitative estimate of drug-likeness (QED) is 0.515. The predicted octanol–water partition coefficient (Wildman–Crippen LogP) is -1.52. The number of nitrogens with two attached hydrogens (primary N) is 2. The second kappa shape index (κ2) is 5.29. The molecular weight excluding hydrogens is 180 g/mol. The molecule has 14 heavy (non-hydrogen) atoms. The van der Waals surface area contributed by atoms with Crippen LogP contribution in [0.1, 0.15) is 13.3 Å². The summed E-state index contributed by atoms with van der Waals surface area (Å²) in [6, 6.07) is 0.0147. The minimum atomic E-state index is -0.503. The molecule has 1 aliphatic heterocycles. The van der Waals surface area contributed by atoms with Gasteiger partial charge in [0.25, 0.3) is 0 Å². The molecule has 1 heterocycles. The Labute approximate surface area is 84.8 Å². The zero-order valence-corrected chi connectivity index (χ0v) is 8.70. The monoisotopic (exact) mass is 200 g/mol. The molecule has 82 valence electrons. The first-order valence-corrected chi connectivity index (χ1v) is 5.11. The molecule has 0 spiro atoms. The van der Waals surface area contributed by atoms with Crippen LogP contribution in [0.2, 0.25) is 0 Å². The Morgan fingerprint density at radius 3 is 3.00 bits per heavy atom. The maximum atomic E-state index is 10.7. The average molecular weight is 200 g/mol. The molecule has 5 heteroatoms. The van der Waals surface area contributed by atoms with Crippen LogP contribution in [0.4, 0.5) is 0 Å². The molecule has 0 radical (unpaired) electrons. The number of nitrogens with one attached hydrogen (secondary N) is 1. The Kier molecular flexibility index (Phi) is 4.31. The molecular formula is C9H20N4O. The molecule has 1 amide bonds. The molecule has 2 atom stereocenters. The van der Waals surface area contributed by atoms with E-state index in [0.29, 0.717) is 12.5 Å². The van der Waals surface area contributed by atoms with Crippen LogP contribution in [0, 0.1) is 0 Å². The number of piperazine rings is 1. The average Bonchev–Trinajstić information content (AvgIpc) is 2.16. The summed E-state index contributed by atoms with van der Waals surface area (Å²) in [6.07, 6.45) is 0.652. The molecule has 1 rings (SSSR count). The Hall–Kier alpha value is -0.650. The van der Waals surface area contributed by atoms with Crippen LogP contribution in [0.15, 0.2) is 0 Å². The van der Waals surface area contributed by atoms with Crippen LogP contribution in [0.25, 0.3) is 0 Å². The molecule has 5 nitrogen and oxygen atoms in total. The van der Waals surface area contributed by atoms with Gasteiger partial charge >= 0.3 is 0 Å². The standard InChI is InChI=1S/C9H20N4O/c1-7-6-12-3-5-13(7)4-2-8(10)9(11)14/h7-8,12H,2-6,10H2,1H3,(H2,11,14). The molecule has 0 aromatic rings. The Balaban J connectivity index is 2.25. The fraction of sp³-hybridized carbons (Fsp3) is 0.889. The van der Waals surface area contributed by atoms with Crippen LogP contribution in [-0.2, 0) is 4.79 Å². The lowest BCUT2D eigenvalue weighted by atomic mass is 10.1. The highest BCUT2D eigenvalue weighted by molar-refractivity contribution is 5.79. The topological polar surface area (TPSA) is 84.4 Å². The van der Waals surface area contributed by atoms with Crippen LogP contribution in [-0.4, -0.2) is 49.1 Å². The van der Waals surface area contributed by atoms with Gasteiger partial charge in [0.15, 0.2) is 0 Å². The molecule has 0 bridgehead atoms. The number of carbonyl (C=O) groups excluding carboxylic acids is 1. The third kappa shape index (κ3) is 3.25. The van der Waals surface area contributed by atoms with Crippen molar-refractivity contribution in [3.05, 3.63) is 0 Å². The van der Waals surface area contributed by atoms with Gasteiger partial charge in [0.2, 0.25) is 5.91 Å². The van der Waals surface area contributed by atoms with E-state index in [-0.39, 0.29) is 0 Å².